The van der Waals surface area contributed by atoms with Crippen molar-refractivity contribution in [3.63, 3.8) is 0 Å². The number of benzene rings is 4. The predicted molar refractivity (Wildman–Crippen MR) is 175 cm³/mol. The van der Waals surface area contributed by atoms with Crippen LogP contribution in [0, 0.1) is 6.92 Å². The summed E-state index contributed by atoms with van der Waals surface area (Å²) in [5, 5.41) is 10.5. The standard InChI is InChI=1S/C37H42O8S/c1-28-18-20-32(21-19-28)46(39,40)23-11-22-41-37-36(44-27-31-16-9-4-10-17-31)35(43-26-30-14-7-3-8-15-30)34(33(24-38)45-37)42-25-29-12-5-2-6-13-29/h2-10,12-21,33-38H,11,22-27H2,1H3/t33-,34-,35+,36-,37?/m1/s1/i25D,26D,27D/t25?,26?,27?,33-,34-,35+,36-,37?. The molecule has 4 aromatic carbocycles. The first-order valence-electron chi connectivity index (χ1n) is 16.9. The normalized spacial score (nSPS) is 24.7. The smallest absolute Gasteiger partial charge is 0.186 e. The Kier molecular flexibility index (Phi) is 11.0. The zero-order chi connectivity index (χ0) is 34.8. The highest BCUT2D eigenvalue weighted by Crippen LogP contribution is 2.31. The van der Waals surface area contributed by atoms with E-state index in [4.69, 9.17) is 27.8 Å². The van der Waals surface area contributed by atoms with Crippen LogP contribution in [0.15, 0.2) is 120 Å². The Balaban J connectivity index is 1.43. The monoisotopic (exact) mass is 649 g/mol. The van der Waals surface area contributed by atoms with Crippen molar-refractivity contribution in [2.75, 3.05) is 19.0 Å². The van der Waals surface area contributed by atoms with E-state index in [0.717, 1.165) is 5.56 Å². The predicted octanol–water partition coefficient (Wildman–Crippen LogP) is 5.65. The lowest BCUT2D eigenvalue weighted by Gasteiger charge is -2.45. The van der Waals surface area contributed by atoms with E-state index in [0.29, 0.717) is 16.7 Å². The highest BCUT2D eigenvalue weighted by atomic mass is 32.2. The van der Waals surface area contributed by atoms with Gasteiger partial charge in [0.25, 0.3) is 0 Å². The third-order valence-corrected chi connectivity index (χ3v) is 9.29. The van der Waals surface area contributed by atoms with Gasteiger partial charge in [-0.25, -0.2) is 8.42 Å². The fourth-order valence-electron chi connectivity index (χ4n) is 5.00. The van der Waals surface area contributed by atoms with Gasteiger partial charge in [0.15, 0.2) is 16.1 Å². The van der Waals surface area contributed by atoms with E-state index in [9.17, 15) is 13.5 Å². The zero-order valence-electron chi connectivity index (χ0n) is 28.6. The maximum atomic E-state index is 13.0. The van der Waals surface area contributed by atoms with Gasteiger partial charge in [0.1, 0.15) is 24.4 Å². The Labute approximate surface area is 276 Å². The summed E-state index contributed by atoms with van der Waals surface area (Å²) in [6.45, 7) is -2.40. The first-order valence-corrected chi connectivity index (χ1v) is 16.9. The van der Waals surface area contributed by atoms with Crippen LogP contribution in [0.3, 0.4) is 0 Å². The van der Waals surface area contributed by atoms with Gasteiger partial charge in [-0.2, -0.15) is 0 Å². The minimum Gasteiger partial charge on any atom is -0.394 e. The number of aliphatic hydroxyl groups excluding tert-OH is 1. The molecule has 1 heterocycles. The van der Waals surface area contributed by atoms with Gasteiger partial charge < -0.3 is 28.8 Å². The number of ether oxygens (including phenoxy) is 5. The van der Waals surface area contributed by atoms with Crippen molar-refractivity contribution in [1.82, 2.24) is 0 Å². The van der Waals surface area contributed by atoms with E-state index in [2.05, 4.69) is 0 Å². The SMILES string of the molecule is [2H]C(O[C@H]1[C@H](OC([2H])c2ccccc2)[C@@H](OC([2H])c2ccccc2)C(OCCCS(=O)(=O)c2ccc(C)cc2)O[C@@H]1CO)c1ccccc1. The summed E-state index contributed by atoms with van der Waals surface area (Å²) in [6, 6.07) is 33.2. The van der Waals surface area contributed by atoms with Gasteiger partial charge in [-0.05, 0) is 42.2 Å². The topological polar surface area (TPSA) is 101 Å². The maximum absolute atomic E-state index is 13.0. The average molecular weight is 650 g/mol. The van der Waals surface area contributed by atoms with Gasteiger partial charge in [0, 0.05) is 0 Å². The summed E-state index contributed by atoms with van der Waals surface area (Å²) in [5.41, 5.74) is 2.59. The van der Waals surface area contributed by atoms with Gasteiger partial charge in [-0.3, -0.25) is 0 Å². The molecule has 0 aromatic heterocycles. The zero-order valence-corrected chi connectivity index (χ0v) is 26.4. The van der Waals surface area contributed by atoms with E-state index in [-0.39, 0.29) is 23.7 Å². The van der Waals surface area contributed by atoms with Crippen molar-refractivity contribution in [2.24, 2.45) is 0 Å². The van der Waals surface area contributed by atoms with Crippen molar-refractivity contribution in [3.8, 4) is 0 Å². The molecule has 1 saturated heterocycles. The molecule has 244 valence electrons. The lowest BCUT2D eigenvalue weighted by Crippen LogP contribution is -2.61. The molecule has 4 aromatic rings. The van der Waals surface area contributed by atoms with Gasteiger partial charge in [-0.1, -0.05) is 109 Å². The van der Waals surface area contributed by atoms with Crippen LogP contribution >= 0.6 is 0 Å². The third kappa shape index (κ3) is 9.56. The first kappa shape index (κ1) is 30.0. The second-order valence-electron chi connectivity index (χ2n) is 11.0. The van der Waals surface area contributed by atoms with Crippen LogP contribution in [0.25, 0.3) is 0 Å². The Bertz CT molecular complexity index is 1670. The maximum Gasteiger partial charge on any atom is 0.186 e. The Morgan fingerprint density at radius 3 is 1.65 bits per heavy atom. The molecule has 0 saturated carbocycles. The molecule has 9 heteroatoms. The van der Waals surface area contributed by atoms with Gasteiger partial charge in [-0.15, -0.1) is 0 Å². The molecule has 0 amide bonds. The fraction of sp³-hybridized carbons (Fsp3) is 0.351. The van der Waals surface area contributed by atoms with Crippen LogP contribution in [-0.2, 0) is 53.3 Å². The number of hydrogen-bond acceptors (Lipinski definition) is 8. The number of sulfone groups is 1. The Hall–Kier alpha value is -3.41. The van der Waals surface area contributed by atoms with Crippen LogP contribution in [0.2, 0.25) is 0 Å². The molecule has 1 aliphatic heterocycles. The van der Waals surface area contributed by atoms with E-state index >= 15 is 0 Å². The van der Waals surface area contributed by atoms with Crippen molar-refractivity contribution < 1.29 is 41.3 Å². The molecular formula is C37H42O8S. The Morgan fingerprint density at radius 1 is 0.674 bits per heavy atom. The number of aliphatic hydroxyl groups is 1. The fourth-order valence-corrected chi connectivity index (χ4v) is 6.29. The van der Waals surface area contributed by atoms with Gasteiger partial charge in [0.05, 0.1) is 47.7 Å². The van der Waals surface area contributed by atoms with Crippen LogP contribution in [0.1, 0.15) is 32.8 Å². The quantitative estimate of drug-likeness (QED) is 0.156. The molecule has 46 heavy (non-hydrogen) atoms. The second-order valence-corrected chi connectivity index (χ2v) is 13.1. The van der Waals surface area contributed by atoms with Gasteiger partial charge in [0.2, 0.25) is 0 Å². The van der Waals surface area contributed by atoms with Crippen molar-refractivity contribution >= 4 is 9.84 Å². The molecule has 0 spiro atoms. The minimum atomic E-state index is -3.58. The molecule has 1 N–H and O–H groups in total. The lowest BCUT2D eigenvalue weighted by atomic mass is 9.98. The van der Waals surface area contributed by atoms with E-state index < -0.39 is 66.9 Å². The van der Waals surface area contributed by atoms with Crippen LogP contribution in [0.5, 0.6) is 0 Å². The van der Waals surface area contributed by atoms with Crippen LogP contribution < -0.4 is 0 Å². The van der Waals surface area contributed by atoms with E-state index in [1.54, 1.807) is 97.1 Å². The molecule has 8 nitrogen and oxygen atoms in total. The molecule has 0 radical (unpaired) electrons. The summed E-state index contributed by atoms with van der Waals surface area (Å²) in [6.07, 6.45) is -5.68. The molecular weight excluding hydrogens is 604 g/mol. The molecule has 4 unspecified atom stereocenters. The first-order chi connectivity index (χ1) is 23.7. The number of rotatable bonds is 16. The van der Waals surface area contributed by atoms with Crippen LogP contribution in [-0.4, -0.2) is 63.2 Å². The molecule has 0 aliphatic carbocycles. The number of aryl methyl sites for hydroxylation is 1. The van der Waals surface area contributed by atoms with Crippen molar-refractivity contribution in [3.05, 3.63) is 138 Å². The lowest BCUT2D eigenvalue weighted by molar-refractivity contribution is -0.326. The van der Waals surface area contributed by atoms with E-state index in [1.807, 2.05) is 25.1 Å². The molecule has 0 bridgehead atoms. The highest BCUT2D eigenvalue weighted by molar-refractivity contribution is 7.91. The van der Waals surface area contributed by atoms with Crippen LogP contribution in [0.4, 0.5) is 0 Å². The summed E-state index contributed by atoms with van der Waals surface area (Å²) in [5.74, 6) is -0.186. The molecule has 1 aliphatic rings. The second kappa shape index (κ2) is 16.9. The minimum absolute atomic E-state index is 0.0614. The Morgan fingerprint density at radius 2 is 1.15 bits per heavy atom. The largest absolute Gasteiger partial charge is 0.394 e. The summed E-state index contributed by atoms with van der Waals surface area (Å²) in [7, 11) is -3.58. The van der Waals surface area contributed by atoms with Crippen molar-refractivity contribution in [2.45, 2.75) is 68.7 Å². The average Bonchev–Trinajstić information content (AvgIpc) is 3.13. The summed E-state index contributed by atoms with van der Waals surface area (Å²) in [4.78, 5) is 0.215. The summed E-state index contributed by atoms with van der Waals surface area (Å²) < 4.78 is 83.7. The molecule has 1 fully saturated rings. The highest BCUT2D eigenvalue weighted by Gasteiger charge is 2.48. The third-order valence-electron chi connectivity index (χ3n) is 7.47. The molecule has 8 atom stereocenters. The van der Waals surface area contributed by atoms with E-state index in [1.165, 1.54) is 0 Å². The van der Waals surface area contributed by atoms with Crippen molar-refractivity contribution in [1.29, 1.82) is 0 Å². The van der Waals surface area contributed by atoms with Gasteiger partial charge >= 0.3 is 0 Å². The summed E-state index contributed by atoms with van der Waals surface area (Å²) >= 11 is 0. The number of hydrogen-bond donors (Lipinski definition) is 1. The molecule has 5 rings (SSSR count).